The van der Waals surface area contributed by atoms with Crippen LogP contribution >= 0.6 is 0 Å². The normalized spacial score (nSPS) is 17.6. The summed E-state index contributed by atoms with van der Waals surface area (Å²) < 4.78 is 18.2. The van der Waals surface area contributed by atoms with E-state index in [9.17, 15) is 9.18 Å². The fourth-order valence-electron chi connectivity index (χ4n) is 2.70. The van der Waals surface area contributed by atoms with Gasteiger partial charge >= 0.3 is 0 Å². The number of methoxy groups -OCH3 is 1. The molecule has 1 saturated carbocycles. The molecule has 0 aliphatic heterocycles. The first-order valence-corrected chi connectivity index (χ1v) is 6.95. The molecule has 0 heterocycles. The van der Waals surface area contributed by atoms with Gasteiger partial charge in [0, 0.05) is 23.7 Å². The van der Waals surface area contributed by atoms with E-state index in [0.717, 1.165) is 25.7 Å². The van der Waals surface area contributed by atoms with Gasteiger partial charge < -0.3 is 15.8 Å². The van der Waals surface area contributed by atoms with Gasteiger partial charge in [0.05, 0.1) is 7.11 Å². The van der Waals surface area contributed by atoms with Crippen LogP contribution in [0.5, 0.6) is 5.75 Å². The molecule has 1 aromatic rings. The monoisotopic (exact) mass is 280 g/mol. The number of amides is 1. The summed E-state index contributed by atoms with van der Waals surface area (Å²) in [6.45, 7) is 0. The maximum absolute atomic E-state index is 13.3. The molecule has 5 heteroatoms. The van der Waals surface area contributed by atoms with Gasteiger partial charge in [0.15, 0.2) is 11.6 Å². The summed E-state index contributed by atoms with van der Waals surface area (Å²) >= 11 is 0. The first-order chi connectivity index (χ1) is 9.52. The lowest BCUT2D eigenvalue weighted by Crippen LogP contribution is -2.44. The van der Waals surface area contributed by atoms with Gasteiger partial charge in [-0.25, -0.2) is 4.39 Å². The third kappa shape index (κ3) is 3.70. The Balaban J connectivity index is 1.97. The summed E-state index contributed by atoms with van der Waals surface area (Å²) in [5.41, 5.74) is 6.37. The number of anilines is 1. The highest BCUT2D eigenvalue weighted by Crippen LogP contribution is 2.29. The number of rotatable bonds is 4. The van der Waals surface area contributed by atoms with Gasteiger partial charge in [-0.3, -0.25) is 4.79 Å². The van der Waals surface area contributed by atoms with Crippen LogP contribution in [-0.2, 0) is 4.79 Å². The van der Waals surface area contributed by atoms with Gasteiger partial charge in [0.2, 0.25) is 5.91 Å². The van der Waals surface area contributed by atoms with Crippen molar-refractivity contribution in [2.45, 2.75) is 44.1 Å². The molecule has 0 atom stereocenters. The van der Waals surface area contributed by atoms with E-state index in [4.69, 9.17) is 10.5 Å². The molecule has 0 unspecified atom stereocenters. The highest BCUT2D eigenvalue weighted by atomic mass is 19.1. The van der Waals surface area contributed by atoms with Crippen LogP contribution in [0.2, 0.25) is 0 Å². The molecular weight excluding hydrogens is 259 g/mol. The topological polar surface area (TPSA) is 64.3 Å². The second-order valence-corrected chi connectivity index (χ2v) is 5.50. The molecule has 1 fully saturated rings. The molecule has 1 aliphatic rings. The van der Waals surface area contributed by atoms with Crippen molar-refractivity contribution in [1.29, 1.82) is 0 Å². The van der Waals surface area contributed by atoms with Crippen LogP contribution < -0.4 is 15.8 Å². The Labute approximate surface area is 118 Å². The van der Waals surface area contributed by atoms with Crippen molar-refractivity contribution in [2.75, 3.05) is 12.4 Å². The van der Waals surface area contributed by atoms with Crippen molar-refractivity contribution >= 4 is 11.6 Å². The van der Waals surface area contributed by atoms with Gasteiger partial charge in [-0.1, -0.05) is 19.3 Å². The average molecular weight is 280 g/mol. The van der Waals surface area contributed by atoms with Gasteiger partial charge in [-0.05, 0) is 25.0 Å². The van der Waals surface area contributed by atoms with E-state index >= 15 is 0 Å². The van der Waals surface area contributed by atoms with Crippen LogP contribution in [0.15, 0.2) is 18.2 Å². The predicted molar refractivity (Wildman–Crippen MR) is 76.2 cm³/mol. The number of nitrogens with two attached hydrogens (primary N) is 1. The maximum atomic E-state index is 13.3. The minimum Gasteiger partial charge on any atom is -0.494 e. The summed E-state index contributed by atoms with van der Waals surface area (Å²) in [4.78, 5) is 12.0. The maximum Gasteiger partial charge on any atom is 0.226 e. The minimum atomic E-state index is -0.451. The molecule has 0 radical (unpaired) electrons. The number of halogens is 1. The van der Waals surface area contributed by atoms with Crippen molar-refractivity contribution in [3.8, 4) is 5.75 Å². The highest BCUT2D eigenvalue weighted by molar-refractivity contribution is 5.91. The fourth-order valence-corrected chi connectivity index (χ4v) is 2.70. The van der Waals surface area contributed by atoms with Crippen LogP contribution in [0.1, 0.15) is 38.5 Å². The van der Waals surface area contributed by atoms with Crippen LogP contribution in [-0.4, -0.2) is 18.6 Å². The number of nitrogens with one attached hydrogen (secondary N) is 1. The van der Waals surface area contributed by atoms with E-state index in [2.05, 4.69) is 5.32 Å². The Bertz CT molecular complexity index is 485. The summed E-state index contributed by atoms with van der Waals surface area (Å²) in [5.74, 6) is -0.473. The molecule has 2 rings (SSSR count). The first-order valence-electron chi connectivity index (χ1n) is 6.95. The second-order valence-electron chi connectivity index (χ2n) is 5.50. The van der Waals surface area contributed by atoms with Crippen LogP contribution in [0.4, 0.5) is 10.1 Å². The van der Waals surface area contributed by atoms with Crippen LogP contribution in [0.3, 0.4) is 0 Å². The summed E-state index contributed by atoms with van der Waals surface area (Å²) in [7, 11) is 1.39. The van der Waals surface area contributed by atoms with E-state index in [0.29, 0.717) is 12.1 Å². The molecule has 20 heavy (non-hydrogen) atoms. The smallest absolute Gasteiger partial charge is 0.226 e. The largest absolute Gasteiger partial charge is 0.494 e. The minimum absolute atomic E-state index is 0.114. The molecule has 0 saturated heterocycles. The molecule has 0 bridgehead atoms. The Hall–Kier alpha value is -1.62. The van der Waals surface area contributed by atoms with E-state index in [-0.39, 0.29) is 11.7 Å². The zero-order valence-corrected chi connectivity index (χ0v) is 11.7. The fraction of sp³-hybridized carbons (Fsp3) is 0.533. The predicted octanol–water partition coefficient (Wildman–Crippen LogP) is 2.82. The van der Waals surface area contributed by atoms with Crippen LogP contribution in [0.25, 0.3) is 0 Å². The number of ether oxygens (including phenoxy) is 1. The summed E-state index contributed by atoms with van der Waals surface area (Å²) in [5, 5.41) is 2.75. The van der Waals surface area contributed by atoms with Gasteiger partial charge in [0.1, 0.15) is 0 Å². The lowest BCUT2D eigenvalue weighted by atomic mass is 9.80. The third-order valence-electron chi connectivity index (χ3n) is 3.80. The van der Waals surface area contributed by atoms with E-state index in [1.807, 2.05) is 0 Å². The molecule has 110 valence electrons. The van der Waals surface area contributed by atoms with Crippen molar-refractivity contribution in [3.05, 3.63) is 24.0 Å². The molecular formula is C15H21FN2O2. The number of carbonyl (C=O) groups excluding carboxylic acids is 1. The van der Waals surface area contributed by atoms with Gasteiger partial charge in [0.25, 0.3) is 0 Å². The third-order valence-corrected chi connectivity index (χ3v) is 3.80. The summed E-state index contributed by atoms with van der Waals surface area (Å²) in [6.07, 6.45) is 5.41. The van der Waals surface area contributed by atoms with E-state index in [1.165, 1.54) is 31.7 Å². The highest BCUT2D eigenvalue weighted by Gasteiger charge is 2.29. The molecule has 0 aromatic heterocycles. The molecule has 3 N–H and O–H groups in total. The number of carbonyl (C=O) groups is 1. The lowest BCUT2D eigenvalue weighted by Gasteiger charge is -2.32. The standard InChI is InChI=1S/C15H21FN2O2/c1-20-13-9-11(5-6-12(13)16)18-14(19)10-15(17)7-3-2-4-8-15/h5-6,9H,2-4,7-8,10,17H2,1H3,(H,18,19). The number of hydrogen-bond acceptors (Lipinski definition) is 3. The SMILES string of the molecule is COc1cc(NC(=O)CC2(N)CCCCC2)ccc1F. The quantitative estimate of drug-likeness (QED) is 0.891. The Morgan fingerprint density at radius 2 is 2.10 bits per heavy atom. The lowest BCUT2D eigenvalue weighted by molar-refractivity contribution is -0.117. The van der Waals surface area contributed by atoms with Gasteiger partial charge in [-0.2, -0.15) is 0 Å². The Morgan fingerprint density at radius 3 is 2.75 bits per heavy atom. The number of hydrogen-bond donors (Lipinski definition) is 2. The van der Waals surface area contributed by atoms with E-state index < -0.39 is 11.4 Å². The first kappa shape index (κ1) is 14.8. The Morgan fingerprint density at radius 1 is 1.40 bits per heavy atom. The van der Waals surface area contributed by atoms with Crippen molar-refractivity contribution in [1.82, 2.24) is 0 Å². The Kier molecular flexibility index (Phi) is 4.60. The zero-order chi connectivity index (χ0) is 14.6. The molecule has 1 amide bonds. The van der Waals surface area contributed by atoms with Crippen molar-refractivity contribution in [3.63, 3.8) is 0 Å². The number of benzene rings is 1. The van der Waals surface area contributed by atoms with Crippen molar-refractivity contribution < 1.29 is 13.9 Å². The molecule has 0 spiro atoms. The van der Waals surface area contributed by atoms with E-state index in [1.54, 1.807) is 0 Å². The molecule has 1 aliphatic carbocycles. The zero-order valence-electron chi connectivity index (χ0n) is 11.7. The van der Waals surface area contributed by atoms with Gasteiger partial charge in [-0.15, -0.1) is 0 Å². The average Bonchev–Trinajstić information content (AvgIpc) is 2.41. The molecule has 4 nitrogen and oxygen atoms in total. The molecule has 1 aromatic carbocycles. The van der Waals surface area contributed by atoms with Crippen molar-refractivity contribution in [2.24, 2.45) is 5.73 Å². The second kappa shape index (κ2) is 6.22. The summed E-state index contributed by atoms with van der Waals surface area (Å²) in [6, 6.07) is 4.25. The van der Waals surface area contributed by atoms with Crippen LogP contribution in [0, 0.1) is 5.82 Å².